The van der Waals surface area contributed by atoms with Gasteiger partial charge in [-0.3, -0.25) is 14.4 Å². The van der Waals surface area contributed by atoms with Crippen LogP contribution in [0.4, 0.5) is 0 Å². The molecule has 2 aromatic heterocycles. The van der Waals surface area contributed by atoms with Gasteiger partial charge in [-0.1, -0.05) is 53.7 Å². The number of aromatic nitrogens is 1. The normalized spacial score (nSPS) is 11.9. The van der Waals surface area contributed by atoms with Gasteiger partial charge in [-0.2, -0.15) is 0 Å². The summed E-state index contributed by atoms with van der Waals surface area (Å²) in [5.41, 5.74) is 7.65. The van der Waals surface area contributed by atoms with Crippen molar-refractivity contribution in [3.05, 3.63) is 77.7 Å². The molecule has 0 aliphatic carbocycles. The van der Waals surface area contributed by atoms with Crippen LogP contribution in [0.2, 0.25) is 0 Å². The Morgan fingerprint density at radius 1 is 1.06 bits per heavy atom. The second-order valence-electron chi connectivity index (χ2n) is 7.06. The van der Waals surface area contributed by atoms with Gasteiger partial charge in [-0.15, -0.1) is 0 Å². The summed E-state index contributed by atoms with van der Waals surface area (Å²) in [6.07, 6.45) is 1.60. The molecule has 3 N–H and O–H groups in total. The fourth-order valence-corrected chi connectivity index (χ4v) is 3.44. The van der Waals surface area contributed by atoms with Gasteiger partial charge in [0.15, 0.2) is 5.76 Å². The Hall–Kier alpha value is -4.20. The van der Waals surface area contributed by atoms with Gasteiger partial charge >= 0.3 is 0 Å². The summed E-state index contributed by atoms with van der Waals surface area (Å²) >= 11 is 0. The number of carbonyl (C=O) groups excluding carboxylic acids is 3. The maximum atomic E-state index is 13.2. The average molecular weight is 417 g/mol. The van der Waals surface area contributed by atoms with Gasteiger partial charge < -0.3 is 20.0 Å². The van der Waals surface area contributed by atoms with Gasteiger partial charge in [0, 0.05) is 11.8 Å². The smallest absolute Gasteiger partial charge is 0.287 e. The highest BCUT2D eigenvalue weighted by Gasteiger charge is 2.30. The second kappa shape index (κ2) is 8.27. The number of hydrogen-bond acceptors (Lipinski definition) is 6. The standard InChI is InChI=1S/C23H19N3O5/c1-13-19(21(31-26-13)16-12-30-18-10-6-5-9-15(16)18)23(29)25-17(20(27)22(24)28)11-14-7-3-2-4-8-14/h2-10,12,17H,11H2,1H3,(H2,24,28)(H,25,29). The molecule has 0 saturated carbocycles. The second-order valence-corrected chi connectivity index (χ2v) is 7.06. The summed E-state index contributed by atoms with van der Waals surface area (Å²) in [6, 6.07) is 15.2. The van der Waals surface area contributed by atoms with E-state index in [-0.39, 0.29) is 17.7 Å². The van der Waals surface area contributed by atoms with Crippen LogP contribution in [0.1, 0.15) is 21.6 Å². The van der Waals surface area contributed by atoms with Crippen LogP contribution in [-0.2, 0) is 16.0 Å². The maximum absolute atomic E-state index is 13.2. The van der Waals surface area contributed by atoms with Crippen molar-refractivity contribution in [2.24, 2.45) is 5.73 Å². The third-order valence-corrected chi connectivity index (χ3v) is 4.96. The Kier molecular flexibility index (Phi) is 5.36. The first-order valence-electron chi connectivity index (χ1n) is 9.57. The van der Waals surface area contributed by atoms with Crippen LogP contribution in [-0.4, -0.2) is 28.8 Å². The molecule has 4 rings (SSSR count). The zero-order chi connectivity index (χ0) is 22.0. The van der Waals surface area contributed by atoms with E-state index in [1.807, 2.05) is 24.3 Å². The van der Waals surface area contributed by atoms with E-state index in [4.69, 9.17) is 14.7 Å². The third kappa shape index (κ3) is 3.95. The van der Waals surface area contributed by atoms with E-state index in [2.05, 4.69) is 10.5 Å². The largest absolute Gasteiger partial charge is 0.464 e. The predicted molar refractivity (Wildman–Crippen MR) is 112 cm³/mol. The van der Waals surface area contributed by atoms with E-state index in [0.29, 0.717) is 16.8 Å². The van der Waals surface area contributed by atoms with Crippen molar-refractivity contribution in [1.29, 1.82) is 0 Å². The van der Waals surface area contributed by atoms with E-state index in [9.17, 15) is 14.4 Å². The molecule has 0 aliphatic rings. The fraction of sp³-hybridized carbons (Fsp3) is 0.130. The van der Waals surface area contributed by atoms with E-state index >= 15 is 0 Å². The van der Waals surface area contributed by atoms with Crippen molar-refractivity contribution in [2.45, 2.75) is 19.4 Å². The molecule has 2 amide bonds. The Labute approximate surface area is 177 Å². The summed E-state index contributed by atoms with van der Waals surface area (Å²) in [7, 11) is 0. The molecule has 31 heavy (non-hydrogen) atoms. The number of benzene rings is 2. The van der Waals surface area contributed by atoms with Gasteiger partial charge in [0.25, 0.3) is 11.8 Å². The first-order valence-corrected chi connectivity index (χ1v) is 9.57. The number of rotatable bonds is 7. The van der Waals surface area contributed by atoms with Crippen LogP contribution in [0.15, 0.2) is 69.8 Å². The van der Waals surface area contributed by atoms with Crippen molar-refractivity contribution in [3.8, 4) is 11.3 Å². The number of primary amides is 1. The molecule has 0 spiro atoms. The molecule has 8 nitrogen and oxygen atoms in total. The molecule has 1 unspecified atom stereocenters. The summed E-state index contributed by atoms with van der Waals surface area (Å²) < 4.78 is 11.0. The zero-order valence-corrected chi connectivity index (χ0v) is 16.6. The number of nitrogens with two attached hydrogens (primary N) is 1. The number of amides is 2. The van der Waals surface area contributed by atoms with Crippen molar-refractivity contribution < 1.29 is 23.3 Å². The zero-order valence-electron chi connectivity index (χ0n) is 16.6. The molecule has 0 fully saturated rings. The van der Waals surface area contributed by atoms with Gasteiger partial charge in [-0.05, 0) is 18.6 Å². The molecule has 2 aromatic carbocycles. The van der Waals surface area contributed by atoms with Crippen LogP contribution < -0.4 is 11.1 Å². The Balaban J connectivity index is 1.68. The number of ketones is 1. The lowest BCUT2D eigenvalue weighted by atomic mass is 10.0. The number of fused-ring (bicyclic) bond motifs is 1. The van der Waals surface area contributed by atoms with Crippen LogP contribution in [0, 0.1) is 6.92 Å². The summed E-state index contributed by atoms with van der Waals surface area (Å²) in [4.78, 5) is 37.1. The summed E-state index contributed by atoms with van der Waals surface area (Å²) in [5.74, 6) is -2.40. The molecular formula is C23H19N3O5. The number of aryl methyl sites for hydroxylation is 1. The maximum Gasteiger partial charge on any atom is 0.287 e. The molecule has 8 heteroatoms. The molecule has 0 saturated heterocycles. The molecule has 0 bridgehead atoms. The molecule has 4 aromatic rings. The van der Waals surface area contributed by atoms with Gasteiger partial charge in [0.2, 0.25) is 5.78 Å². The van der Waals surface area contributed by atoms with Crippen molar-refractivity contribution in [2.75, 3.05) is 0 Å². The highest BCUT2D eigenvalue weighted by Crippen LogP contribution is 2.34. The minimum Gasteiger partial charge on any atom is -0.464 e. The van der Waals surface area contributed by atoms with Crippen molar-refractivity contribution >= 4 is 28.6 Å². The Morgan fingerprint density at radius 3 is 2.52 bits per heavy atom. The number of para-hydroxylation sites is 1. The van der Waals surface area contributed by atoms with Crippen LogP contribution in [0.5, 0.6) is 0 Å². The quantitative estimate of drug-likeness (QED) is 0.445. The minimum atomic E-state index is -1.13. The fourth-order valence-electron chi connectivity index (χ4n) is 3.44. The monoisotopic (exact) mass is 417 g/mol. The van der Waals surface area contributed by atoms with Crippen molar-refractivity contribution in [3.63, 3.8) is 0 Å². The summed E-state index contributed by atoms with van der Waals surface area (Å²) in [5, 5.41) is 7.29. The highest BCUT2D eigenvalue weighted by molar-refractivity contribution is 6.38. The predicted octanol–water partition coefficient (Wildman–Crippen LogP) is 2.79. The first kappa shape index (κ1) is 20.1. The lowest BCUT2D eigenvalue weighted by molar-refractivity contribution is -0.137. The molecule has 1 atom stereocenters. The average Bonchev–Trinajstić information content (AvgIpc) is 3.36. The number of nitrogens with zero attached hydrogens (tertiary/aromatic N) is 1. The third-order valence-electron chi connectivity index (χ3n) is 4.96. The van der Waals surface area contributed by atoms with Crippen molar-refractivity contribution in [1.82, 2.24) is 10.5 Å². The van der Waals surface area contributed by atoms with E-state index in [0.717, 1.165) is 10.9 Å². The van der Waals surface area contributed by atoms with Crippen LogP contribution >= 0.6 is 0 Å². The number of hydrogen-bond donors (Lipinski definition) is 2. The van der Waals surface area contributed by atoms with Gasteiger partial charge in [0.05, 0.1) is 11.3 Å². The summed E-state index contributed by atoms with van der Waals surface area (Å²) in [6.45, 7) is 1.62. The number of carbonyl (C=O) groups is 3. The number of Topliss-reactive ketones (excluding diaryl/α,β-unsaturated/α-hetero) is 1. The van der Waals surface area contributed by atoms with Gasteiger partial charge in [-0.25, -0.2) is 0 Å². The Morgan fingerprint density at radius 2 is 1.77 bits per heavy atom. The molecule has 156 valence electrons. The highest BCUT2D eigenvalue weighted by atomic mass is 16.5. The number of nitrogens with one attached hydrogen (secondary N) is 1. The van der Waals surface area contributed by atoms with E-state index in [1.54, 1.807) is 37.3 Å². The Bertz CT molecular complexity index is 1270. The molecular weight excluding hydrogens is 398 g/mol. The molecule has 2 heterocycles. The topological polar surface area (TPSA) is 128 Å². The van der Waals surface area contributed by atoms with Crippen LogP contribution in [0.3, 0.4) is 0 Å². The SMILES string of the molecule is Cc1noc(-c2coc3ccccc23)c1C(=O)NC(Cc1ccccc1)C(=O)C(N)=O. The first-order chi connectivity index (χ1) is 15.0. The molecule has 0 aliphatic heterocycles. The lowest BCUT2D eigenvalue weighted by Crippen LogP contribution is -2.47. The molecule has 0 radical (unpaired) electrons. The van der Waals surface area contributed by atoms with E-state index in [1.165, 1.54) is 6.26 Å². The lowest BCUT2D eigenvalue weighted by Gasteiger charge is -2.16. The number of furan rings is 1. The van der Waals surface area contributed by atoms with Crippen LogP contribution in [0.25, 0.3) is 22.3 Å². The van der Waals surface area contributed by atoms with Gasteiger partial charge in [0.1, 0.15) is 23.5 Å². The van der Waals surface area contributed by atoms with E-state index < -0.39 is 23.6 Å². The minimum absolute atomic E-state index is 0.114.